The van der Waals surface area contributed by atoms with E-state index in [1.807, 2.05) is 6.92 Å². The zero-order chi connectivity index (χ0) is 13.8. The van der Waals surface area contributed by atoms with Crippen LogP contribution in [0.1, 0.15) is 30.7 Å². The number of methoxy groups -OCH3 is 1. The lowest BCUT2D eigenvalue weighted by Gasteiger charge is -2.15. The van der Waals surface area contributed by atoms with Gasteiger partial charge in [-0.05, 0) is 12.5 Å². The molecule has 6 heteroatoms. The number of hydrogen-bond donors (Lipinski definition) is 1. The Labute approximate surface area is 110 Å². The maximum Gasteiger partial charge on any atom is 0.163 e. The summed E-state index contributed by atoms with van der Waals surface area (Å²) < 4.78 is 20.5. The van der Waals surface area contributed by atoms with Crippen molar-refractivity contribution in [2.75, 3.05) is 7.11 Å². The molecular formula is C13H16FN3O2. The predicted molar refractivity (Wildman–Crippen MR) is 67.3 cm³/mol. The molecule has 0 saturated carbocycles. The van der Waals surface area contributed by atoms with E-state index in [1.54, 1.807) is 4.68 Å². The molecule has 2 rings (SSSR count). The molecule has 2 heterocycles. The van der Waals surface area contributed by atoms with Crippen molar-refractivity contribution in [1.82, 2.24) is 14.8 Å². The molecule has 0 aliphatic carbocycles. The Morgan fingerprint density at radius 3 is 2.89 bits per heavy atom. The molecule has 0 fully saturated rings. The Balaban J connectivity index is 2.45. The minimum absolute atomic E-state index is 0.158. The molecule has 0 aliphatic heterocycles. The molecule has 0 saturated heterocycles. The van der Waals surface area contributed by atoms with Crippen LogP contribution in [-0.4, -0.2) is 27.0 Å². The number of halogens is 1. The van der Waals surface area contributed by atoms with Gasteiger partial charge in [-0.2, -0.15) is 5.10 Å². The monoisotopic (exact) mass is 265 g/mol. The number of pyridine rings is 1. The number of aliphatic hydroxyl groups excluding tert-OH is 1. The third-order valence-corrected chi connectivity index (χ3v) is 2.86. The Hall–Kier alpha value is -1.95. The fourth-order valence-corrected chi connectivity index (χ4v) is 1.96. The van der Waals surface area contributed by atoms with Gasteiger partial charge < -0.3 is 9.84 Å². The van der Waals surface area contributed by atoms with Gasteiger partial charge in [0.1, 0.15) is 17.6 Å². The van der Waals surface area contributed by atoms with Crippen LogP contribution in [0.2, 0.25) is 0 Å². The van der Waals surface area contributed by atoms with Crippen LogP contribution in [0.15, 0.2) is 24.7 Å². The highest BCUT2D eigenvalue weighted by molar-refractivity contribution is 5.34. The van der Waals surface area contributed by atoms with E-state index >= 15 is 0 Å². The van der Waals surface area contributed by atoms with E-state index in [9.17, 15) is 9.50 Å². The summed E-state index contributed by atoms with van der Waals surface area (Å²) in [6.07, 6.45) is 3.75. The fourth-order valence-electron chi connectivity index (χ4n) is 1.96. The summed E-state index contributed by atoms with van der Waals surface area (Å²) in [6, 6.07) is 1.45. The highest BCUT2D eigenvalue weighted by Crippen LogP contribution is 2.30. The maximum atomic E-state index is 13.7. The summed E-state index contributed by atoms with van der Waals surface area (Å²) in [5.41, 5.74) is 0.612. The predicted octanol–water partition coefficient (Wildman–Crippen LogP) is 1.92. The molecule has 1 unspecified atom stereocenters. The van der Waals surface area contributed by atoms with Crippen molar-refractivity contribution in [1.29, 1.82) is 0 Å². The van der Waals surface area contributed by atoms with Crippen LogP contribution in [-0.2, 0) is 6.54 Å². The topological polar surface area (TPSA) is 60.2 Å². The molecule has 0 aromatic carbocycles. The third kappa shape index (κ3) is 2.58. The highest BCUT2D eigenvalue weighted by Gasteiger charge is 2.23. The Morgan fingerprint density at radius 1 is 1.47 bits per heavy atom. The van der Waals surface area contributed by atoms with Crippen molar-refractivity contribution in [3.8, 4) is 5.75 Å². The Kier molecular flexibility index (Phi) is 4.11. The molecule has 19 heavy (non-hydrogen) atoms. The maximum absolute atomic E-state index is 13.7. The van der Waals surface area contributed by atoms with Crippen LogP contribution >= 0.6 is 0 Å². The molecule has 2 aromatic rings. The van der Waals surface area contributed by atoms with E-state index in [1.165, 1.54) is 25.6 Å². The van der Waals surface area contributed by atoms with Crippen molar-refractivity contribution >= 4 is 0 Å². The number of hydrogen-bond acceptors (Lipinski definition) is 4. The first kappa shape index (κ1) is 13.5. The van der Waals surface area contributed by atoms with Crippen LogP contribution in [0.3, 0.4) is 0 Å². The van der Waals surface area contributed by atoms with Crippen LogP contribution in [0, 0.1) is 5.82 Å². The standard InChI is InChI=1S/C13H16FN3O2/c1-3-6-17-12(11(19-2)8-16-17)13(18)9-4-5-15-7-10(9)14/h4-5,7-8,13,18H,3,6H2,1-2H3. The van der Waals surface area contributed by atoms with Gasteiger partial charge in [0.2, 0.25) is 0 Å². The average molecular weight is 265 g/mol. The zero-order valence-electron chi connectivity index (χ0n) is 10.9. The SMILES string of the molecule is CCCn1ncc(OC)c1C(O)c1ccncc1F. The minimum Gasteiger partial charge on any atom is -0.493 e. The van der Waals surface area contributed by atoms with Crippen LogP contribution in [0.5, 0.6) is 5.75 Å². The smallest absolute Gasteiger partial charge is 0.163 e. The second kappa shape index (κ2) is 5.79. The summed E-state index contributed by atoms with van der Waals surface area (Å²) in [5, 5.41) is 14.5. The minimum atomic E-state index is -1.13. The summed E-state index contributed by atoms with van der Waals surface area (Å²) in [6.45, 7) is 2.62. The van der Waals surface area contributed by atoms with Crippen molar-refractivity contribution in [3.63, 3.8) is 0 Å². The van der Waals surface area contributed by atoms with Gasteiger partial charge in [0.25, 0.3) is 0 Å². The normalized spacial score (nSPS) is 12.4. The molecule has 1 N–H and O–H groups in total. The average Bonchev–Trinajstić information content (AvgIpc) is 2.82. The number of aliphatic hydroxyl groups is 1. The second-order valence-corrected chi connectivity index (χ2v) is 4.12. The van der Waals surface area contributed by atoms with Gasteiger partial charge in [0.15, 0.2) is 5.75 Å². The van der Waals surface area contributed by atoms with Crippen molar-refractivity contribution < 1.29 is 14.2 Å². The van der Waals surface area contributed by atoms with Crippen molar-refractivity contribution in [2.45, 2.75) is 26.0 Å². The van der Waals surface area contributed by atoms with Gasteiger partial charge in [-0.25, -0.2) is 4.39 Å². The van der Waals surface area contributed by atoms with Gasteiger partial charge >= 0.3 is 0 Å². The summed E-state index contributed by atoms with van der Waals surface area (Å²) in [4.78, 5) is 3.67. The number of nitrogens with zero attached hydrogens (tertiary/aromatic N) is 3. The largest absolute Gasteiger partial charge is 0.493 e. The number of aryl methyl sites for hydroxylation is 1. The van der Waals surface area contributed by atoms with Crippen LogP contribution < -0.4 is 4.74 Å². The second-order valence-electron chi connectivity index (χ2n) is 4.12. The van der Waals surface area contributed by atoms with Gasteiger partial charge in [0.05, 0.1) is 19.5 Å². The highest BCUT2D eigenvalue weighted by atomic mass is 19.1. The number of aromatic nitrogens is 3. The molecule has 0 spiro atoms. The lowest BCUT2D eigenvalue weighted by Crippen LogP contribution is -2.12. The zero-order valence-corrected chi connectivity index (χ0v) is 10.9. The molecule has 0 bridgehead atoms. The molecule has 102 valence electrons. The number of ether oxygens (including phenoxy) is 1. The van der Waals surface area contributed by atoms with Crippen LogP contribution in [0.4, 0.5) is 4.39 Å². The molecule has 2 aromatic heterocycles. The number of rotatable bonds is 5. The van der Waals surface area contributed by atoms with Crippen LogP contribution in [0.25, 0.3) is 0 Å². The van der Waals surface area contributed by atoms with E-state index in [-0.39, 0.29) is 5.56 Å². The van der Waals surface area contributed by atoms with Gasteiger partial charge in [-0.3, -0.25) is 9.67 Å². The first-order valence-corrected chi connectivity index (χ1v) is 6.06. The van der Waals surface area contributed by atoms with E-state index in [0.717, 1.165) is 12.6 Å². The van der Waals surface area contributed by atoms with Gasteiger partial charge in [-0.1, -0.05) is 6.92 Å². The van der Waals surface area contributed by atoms with Gasteiger partial charge in [-0.15, -0.1) is 0 Å². The molecule has 0 aliphatic rings. The summed E-state index contributed by atoms with van der Waals surface area (Å²) in [7, 11) is 1.49. The van der Waals surface area contributed by atoms with E-state index in [0.29, 0.717) is 18.0 Å². The molecule has 5 nitrogen and oxygen atoms in total. The molecular weight excluding hydrogens is 249 g/mol. The lowest BCUT2D eigenvalue weighted by atomic mass is 10.1. The third-order valence-electron chi connectivity index (χ3n) is 2.86. The lowest BCUT2D eigenvalue weighted by molar-refractivity contribution is 0.197. The van der Waals surface area contributed by atoms with Crippen molar-refractivity contribution in [2.24, 2.45) is 0 Å². The van der Waals surface area contributed by atoms with E-state index in [4.69, 9.17) is 4.74 Å². The summed E-state index contributed by atoms with van der Waals surface area (Å²) >= 11 is 0. The summed E-state index contributed by atoms with van der Waals surface area (Å²) in [5.74, 6) is -0.113. The first-order chi connectivity index (χ1) is 9.19. The van der Waals surface area contributed by atoms with Gasteiger partial charge in [0, 0.05) is 18.3 Å². The van der Waals surface area contributed by atoms with E-state index < -0.39 is 11.9 Å². The molecule has 0 radical (unpaired) electrons. The first-order valence-electron chi connectivity index (χ1n) is 6.06. The fraction of sp³-hybridized carbons (Fsp3) is 0.385. The Bertz CT molecular complexity index is 557. The quantitative estimate of drug-likeness (QED) is 0.897. The Morgan fingerprint density at radius 2 is 2.26 bits per heavy atom. The molecule has 1 atom stereocenters. The van der Waals surface area contributed by atoms with Crippen molar-refractivity contribution in [3.05, 3.63) is 41.7 Å². The molecule has 0 amide bonds. The van der Waals surface area contributed by atoms with E-state index in [2.05, 4.69) is 10.1 Å².